The normalized spacial score (nSPS) is 11.3. The fraction of sp³-hybridized carbons (Fsp3) is 0.211. The van der Waals surface area contributed by atoms with Crippen molar-refractivity contribution in [3.05, 3.63) is 71.5 Å². The Balaban J connectivity index is 1.53. The first-order chi connectivity index (χ1) is 13.0. The Hall–Kier alpha value is -3.02. The molecule has 3 rings (SSSR count). The second kappa shape index (κ2) is 8.12. The van der Waals surface area contributed by atoms with E-state index in [2.05, 4.69) is 16.4 Å². The Bertz CT molecular complexity index is 1050. The fourth-order valence-electron chi connectivity index (χ4n) is 2.42. The molecule has 1 aromatic heterocycles. The van der Waals surface area contributed by atoms with E-state index in [0.717, 1.165) is 16.9 Å². The zero-order valence-electron chi connectivity index (χ0n) is 14.7. The van der Waals surface area contributed by atoms with Crippen LogP contribution in [0.25, 0.3) is 5.69 Å². The molecule has 0 radical (unpaired) electrons. The maximum absolute atomic E-state index is 12.1. The van der Waals surface area contributed by atoms with Gasteiger partial charge in [0.25, 0.3) is 10.1 Å². The molecule has 138 valence electrons. The van der Waals surface area contributed by atoms with Gasteiger partial charge in [-0.3, -0.25) is 4.18 Å². The third-order valence-electron chi connectivity index (χ3n) is 3.93. The van der Waals surface area contributed by atoms with Crippen molar-refractivity contribution in [3.8, 4) is 11.8 Å². The van der Waals surface area contributed by atoms with Crippen molar-refractivity contribution < 1.29 is 12.6 Å². The Morgan fingerprint density at radius 2 is 1.81 bits per heavy atom. The molecule has 8 heteroatoms. The molecule has 7 nitrogen and oxygen atoms in total. The van der Waals surface area contributed by atoms with E-state index < -0.39 is 10.1 Å². The van der Waals surface area contributed by atoms with Crippen molar-refractivity contribution >= 4 is 10.1 Å². The molecule has 0 atom stereocenters. The van der Waals surface area contributed by atoms with Crippen LogP contribution in [-0.4, -0.2) is 30.0 Å². The van der Waals surface area contributed by atoms with Gasteiger partial charge in [0.15, 0.2) is 0 Å². The van der Waals surface area contributed by atoms with Crippen LogP contribution >= 0.6 is 0 Å². The predicted octanol–water partition coefficient (Wildman–Crippen LogP) is 2.79. The quantitative estimate of drug-likeness (QED) is 0.460. The van der Waals surface area contributed by atoms with E-state index in [-0.39, 0.29) is 11.5 Å². The highest BCUT2D eigenvalue weighted by atomic mass is 32.2. The third-order valence-corrected chi connectivity index (χ3v) is 5.25. The van der Waals surface area contributed by atoms with Gasteiger partial charge in [-0.1, -0.05) is 22.9 Å². The maximum atomic E-state index is 12.1. The molecule has 0 saturated heterocycles. The van der Waals surface area contributed by atoms with Crippen molar-refractivity contribution in [1.82, 2.24) is 15.0 Å². The SMILES string of the molecule is Cc1ccc(S(=O)(=O)OCCCc2cn(-c3ccc(C#N)cc3)nn2)cc1. The molecule has 0 aliphatic rings. The summed E-state index contributed by atoms with van der Waals surface area (Å²) in [4.78, 5) is 0.153. The second-order valence-electron chi connectivity index (χ2n) is 6.01. The van der Waals surface area contributed by atoms with E-state index in [1.165, 1.54) is 12.1 Å². The van der Waals surface area contributed by atoms with Crippen molar-refractivity contribution in [2.24, 2.45) is 0 Å². The van der Waals surface area contributed by atoms with Gasteiger partial charge in [-0.2, -0.15) is 13.7 Å². The van der Waals surface area contributed by atoms with E-state index in [1.54, 1.807) is 47.3 Å². The van der Waals surface area contributed by atoms with Crippen LogP contribution in [0.3, 0.4) is 0 Å². The monoisotopic (exact) mass is 382 g/mol. The predicted molar refractivity (Wildman–Crippen MR) is 98.7 cm³/mol. The Morgan fingerprint density at radius 3 is 2.48 bits per heavy atom. The molecule has 0 N–H and O–H groups in total. The molecule has 0 amide bonds. The van der Waals surface area contributed by atoms with Gasteiger partial charge in [0.05, 0.1) is 40.7 Å². The van der Waals surface area contributed by atoms with Crippen molar-refractivity contribution in [1.29, 1.82) is 5.26 Å². The van der Waals surface area contributed by atoms with Crippen LogP contribution in [-0.2, 0) is 20.7 Å². The summed E-state index contributed by atoms with van der Waals surface area (Å²) < 4.78 is 30.9. The molecule has 0 spiro atoms. The Morgan fingerprint density at radius 1 is 1.11 bits per heavy atom. The number of hydrogen-bond donors (Lipinski definition) is 0. The summed E-state index contributed by atoms with van der Waals surface area (Å²) >= 11 is 0. The van der Waals surface area contributed by atoms with Gasteiger partial charge in [-0.15, -0.1) is 5.10 Å². The van der Waals surface area contributed by atoms with E-state index >= 15 is 0 Å². The first kappa shape index (κ1) is 18.8. The summed E-state index contributed by atoms with van der Waals surface area (Å²) in [5.74, 6) is 0. The fourth-order valence-corrected chi connectivity index (χ4v) is 3.37. The number of aryl methyl sites for hydroxylation is 2. The molecule has 0 fully saturated rings. The summed E-state index contributed by atoms with van der Waals surface area (Å²) in [5.41, 5.74) is 3.09. The van der Waals surface area contributed by atoms with Crippen molar-refractivity contribution in [2.45, 2.75) is 24.7 Å². The van der Waals surface area contributed by atoms with E-state index in [9.17, 15) is 8.42 Å². The summed E-state index contributed by atoms with van der Waals surface area (Å²) in [5, 5.41) is 17.0. The largest absolute Gasteiger partial charge is 0.296 e. The second-order valence-corrected chi connectivity index (χ2v) is 7.62. The van der Waals surface area contributed by atoms with Gasteiger partial charge in [0.1, 0.15) is 0 Å². The molecular formula is C19H18N4O3S. The maximum Gasteiger partial charge on any atom is 0.296 e. The zero-order valence-corrected chi connectivity index (χ0v) is 15.6. The molecule has 27 heavy (non-hydrogen) atoms. The van der Waals surface area contributed by atoms with Gasteiger partial charge in [0.2, 0.25) is 0 Å². The minimum atomic E-state index is -3.74. The topological polar surface area (TPSA) is 97.9 Å². The molecule has 3 aromatic rings. The minimum Gasteiger partial charge on any atom is -0.266 e. The number of rotatable bonds is 7. The molecule has 0 aliphatic heterocycles. The lowest BCUT2D eigenvalue weighted by molar-refractivity contribution is 0.312. The lowest BCUT2D eigenvalue weighted by Gasteiger charge is -2.05. The van der Waals surface area contributed by atoms with Gasteiger partial charge >= 0.3 is 0 Å². The van der Waals surface area contributed by atoms with E-state index in [4.69, 9.17) is 9.44 Å². The highest BCUT2D eigenvalue weighted by Crippen LogP contribution is 2.14. The van der Waals surface area contributed by atoms with E-state index in [1.807, 2.05) is 6.92 Å². The molecule has 0 saturated carbocycles. The first-order valence-electron chi connectivity index (χ1n) is 8.36. The van der Waals surface area contributed by atoms with Crippen molar-refractivity contribution in [2.75, 3.05) is 6.61 Å². The van der Waals surface area contributed by atoms with Crippen molar-refractivity contribution in [3.63, 3.8) is 0 Å². The number of benzene rings is 2. The molecule has 1 heterocycles. The smallest absolute Gasteiger partial charge is 0.266 e. The lowest BCUT2D eigenvalue weighted by atomic mass is 10.2. The molecule has 2 aromatic carbocycles. The highest BCUT2D eigenvalue weighted by Gasteiger charge is 2.14. The number of aromatic nitrogens is 3. The van der Waals surface area contributed by atoms with Crippen LogP contribution in [0.2, 0.25) is 0 Å². The highest BCUT2D eigenvalue weighted by molar-refractivity contribution is 7.86. The van der Waals surface area contributed by atoms with Gasteiger partial charge in [-0.05, 0) is 56.2 Å². The Labute approximate surface area is 158 Å². The van der Waals surface area contributed by atoms with Crippen LogP contribution in [0.1, 0.15) is 23.2 Å². The van der Waals surface area contributed by atoms with Crippen LogP contribution in [0.4, 0.5) is 0 Å². The first-order valence-corrected chi connectivity index (χ1v) is 9.77. The lowest BCUT2D eigenvalue weighted by Crippen LogP contribution is -2.08. The Kier molecular flexibility index (Phi) is 5.64. The van der Waals surface area contributed by atoms with Gasteiger partial charge in [0, 0.05) is 0 Å². The van der Waals surface area contributed by atoms with Crippen LogP contribution in [0.5, 0.6) is 0 Å². The summed E-state index contributed by atoms with van der Waals surface area (Å²) in [6.45, 7) is 1.96. The van der Waals surface area contributed by atoms with Crippen LogP contribution in [0.15, 0.2) is 59.6 Å². The van der Waals surface area contributed by atoms with E-state index in [0.29, 0.717) is 18.4 Å². The number of hydrogen-bond acceptors (Lipinski definition) is 6. The molecule has 0 bridgehead atoms. The van der Waals surface area contributed by atoms with Crippen LogP contribution in [0, 0.1) is 18.3 Å². The minimum absolute atomic E-state index is 0.0694. The molecule has 0 unspecified atom stereocenters. The summed E-state index contributed by atoms with van der Waals surface area (Å²) in [7, 11) is -3.74. The summed E-state index contributed by atoms with van der Waals surface area (Å²) in [6.07, 6.45) is 2.81. The molecular weight excluding hydrogens is 364 g/mol. The zero-order chi connectivity index (χ0) is 19.3. The summed E-state index contributed by atoms with van der Waals surface area (Å²) in [6, 6.07) is 15.6. The number of nitriles is 1. The average molecular weight is 382 g/mol. The standard InChI is InChI=1S/C19H18N4O3S/c1-15-4-10-19(11-5-15)27(24,25)26-12-2-3-17-14-23(22-21-17)18-8-6-16(13-20)7-9-18/h4-11,14H,2-3,12H2,1H3. The number of nitrogens with zero attached hydrogens (tertiary/aromatic N) is 4. The molecule has 0 aliphatic carbocycles. The van der Waals surface area contributed by atoms with Gasteiger partial charge in [-0.25, -0.2) is 4.68 Å². The third kappa shape index (κ3) is 4.78. The van der Waals surface area contributed by atoms with Gasteiger partial charge < -0.3 is 0 Å². The van der Waals surface area contributed by atoms with Crippen LogP contribution < -0.4 is 0 Å². The average Bonchev–Trinajstić information content (AvgIpc) is 3.15.